The second-order valence-corrected chi connectivity index (χ2v) is 9.53. The fourth-order valence-electron chi connectivity index (χ4n) is 5.51. The van der Waals surface area contributed by atoms with E-state index in [2.05, 4.69) is 134 Å². The molecule has 0 aliphatic rings. The van der Waals surface area contributed by atoms with Gasteiger partial charge in [-0.2, -0.15) is 0 Å². The van der Waals surface area contributed by atoms with Crippen molar-refractivity contribution in [1.82, 2.24) is 4.98 Å². The van der Waals surface area contributed by atoms with E-state index >= 15 is 0 Å². The van der Waals surface area contributed by atoms with Gasteiger partial charge in [0.15, 0.2) is 0 Å². The molecule has 0 aliphatic carbocycles. The van der Waals surface area contributed by atoms with Crippen molar-refractivity contribution in [3.05, 3.63) is 125 Å². The number of pyridine rings is 1. The first-order chi connectivity index (χ1) is 18.2. The molecule has 1 nitrogen and oxygen atoms in total. The van der Waals surface area contributed by atoms with E-state index in [4.69, 9.17) is 0 Å². The summed E-state index contributed by atoms with van der Waals surface area (Å²) < 4.78 is 0. The van der Waals surface area contributed by atoms with Crippen molar-refractivity contribution in [3.63, 3.8) is 0 Å². The van der Waals surface area contributed by atoms with Crippen LogP contribution in [0.5, 0.6) is 0 Å². The van der Waals surface area contributed by atoms with E-state index in [9.17, 15) is 0 Å². The number of hydrogen-bond acceptors (Lipinski definition) is 1. The summed E-state index contributed by atoms with van der Waals surface area (Å²) in [6.07, 6.45) is 6.49. The van der Waals surface area contributed by atoms with Gasteiger partial charge in [0.05, 0.1) is 0 Å². The Morgan fingerprint density at radius 1 is 0.514 bits per heavy atom. The Kier molecular flexibility index (Phi) is 5.90. The number of aryl methyl sites for hydroxylation is 1. The second kappa shape index (κ2) is 9.52. The minimum Gasteiger partial charge on any atom is -0.261 e. The van der Waals surface area contributed by atoms with Gasteiger partial charge in [-0.15, -0.1) is 0 Å². The van der Waals surface area contributed by atoms with E-state index in [1.54, 1.807) is 0 Å². The first-order valence-corrected chi connectivity index (χ1v) is 12.9. The van der Waals surface area contributed by atoms with Gasteiger partial charge in [0.2, 0.25) is 0 Å². The van der Waals surface area contributed by atoms with Crippen molar-refractivity contribution >= 4 is 33.7 Å². The predicted molar refractivity (Wildman–Crippen MR) is 160 cm³/mol. The monoisotopic (exact) mass is 475 g/mol. The zero-order valence-electron chi connectivity index (χ0n) is 21.5. The molecule has 6 rings (SSSR count). The molecular formula is C36H29N. The van der Waals surface area contributed by atoms with E-state index in [1.165, 1.54) is 59.8 Å². The average Bonchev–Trinajstić information content (AvgIpc) is 2.96. The van der Waals surface area contributed by atoms with Gasteiger partial charge in [-0.05, 0) is 92.7 Å². The van der Waals surface area contributed by atoms with Gasteiger partial charge in [0, 0.05) is 17.5 Å². The predicted octanol–water partition coefficient (Wildman–Crippen LogP) is 8.30. The Balaban J connectivity index is 1.57. The van der Waals surface area contributed by atoms with Crippen LogP contribution in [0, 0.1) is 6.92 Å². The highest BCUT2D eigenvalue weighted by molar-refractivity contribution is 6.05. The Labute approximate surface area is 218 Å². The van der Waals surface area contributed by atoms with Crippen LogP contribution in [-0.4, -0.2) is 4.98 Å². The van der Waals surface area contributed by atoms with E-state index in [0.717, 1.165) is 11.3 Å². The standard InChI is InChI=1S/C36H29N/c1-4-31-32(5-2)36(30-15-14-24(3)37-23-30)34-13-9-8-12-33(34)35(31)27-19-16-26(17-20-27)29-21-18-25-10-6-7-11-28(25)22-29/h4-23H,1-3H3/b31-4+,32-5+. The Morgan fingerprint density at radius 2 is 1.05 bits per heavy atom. The van der Waals surface area contributed by atoms with Gasteiger partial charge < -0.3 is 0 Å². The van der Waals surface area contributed by atoms with Gasteiger partial charge >= 0.3 is 0 Å². The van der Waals surface area contributed by atoms with Gasteiger partial charge in [-0.1, -0.05) is 103 Å². The SMILES string of the molecule is C/C=c1/c(-c2ccc(-c3ccc4ccccc4c3)cc2)c2ccccc2c(-c2ccc(C)nc2)/c1=C/C. The molecule has 0 bridgehead atoms. The summed E-state index contributed by atoms with van der Waals surface area (Å²) in [5.74, 6) is 0. The minimum atomic E-state index is 1.03. The maximum atomic E-state index is 4.61. The van der Waals surface area contributed by atoms with E-state index in [1.807, 2.05) is 13.1 Å². The van der Waals surface area contributed by atoms with Crippen LogP contribution < -0.4 is 10.4 Å². The molecule has 178 valence electrons. The van der Waals surface area contributed by atoms with Crippen LogP contribution in [0.3, 0.4) is 0 Å². The van der Waals surface area contributed by atoms with Crippen molar-refractivity contribution in [2.75, 3.05) is 0 Å². The van der Waals surface area contributed by atoms with Crippen LogP contribution in [0.1, 0.15) is 19.5 Å². The molecule has 1 heteroatoms. The lowest BCUT2D eigenvalue weighted by Crippen LogP contribution is -2.29. The summed E-state index contributed by atoms with van der Waals surface area (Å²) in [6, 6.07) is 37.3. The number of hydrogen-bond donors (Lipinski definition) is 0. The van der Waals surface area contributed by atoms with Crippen LogP contribution in [0.2, 0.25) is 0 Å². The molecule has 1 aromatic heterocycles. The van der Waals surface area contributed by atoms with Crippen molar-refractivity contribution in [2.24, 2.45) is 0 Å². The third-order valence-electron chi connectivity index (χ3n) is 7.33. The molecule has 0 spiro atoms. The summed E-state index contributed by atoms with van der Waals surface area (Å²) >= 11 is 0. The fraction of sp³-hybridized carbons (Fsp3) is 0.0833. The molecular weight excluding hydrogens is 446 g/mol. The molecule has 0 radical (unpaired) electrons. The number of benzene rings is 5. The zero-order chi connectivity index (χ0) is 25.4. The molecule has 6 aromatic rings. The van der Waals surface area contributed by atoms with E-state index < -0.39 is 0 Å². The van der Waals surface area contributed by atoms with E-state index in [-0.39, 0.29) is 0 Å². The van der Waals surface area contributed by atoms with E-state index in [0.29, 0.717) is 0 Å². The van der Waals surface area contributed by atoms with Crippen LogP contribution in [0.4, 0.5) is 0 Å². The third kappa shape index (κ3) is 4.03. The minimum absolute atomic E-state index is 1.03. The molecule has 0 unspecified atom stereocenters. The zero-order valence-corrected chi connectivity index (χ0v) is 21.5. The number of rotatable bonds is 3. The number of fused-ring (bicyclic) bond motifs is 2. The normalized spacial score (nSPS) is 12.5. The lowest BCUT2D eigenvalue weighted by atomic mass is 9.88. The van der Waals surface area contributed by atoms with Gasteiger partial charge in [-0.3, -0.25) is 4.98 Å². The molecule has 5 aromatic carbocycles. The molecule has 0 N–H and O–H groups in total. The van der Waals surface area contributed by atoms with Crippen molar-refractivity contribution in [3.8, 4) is 33.4 Å². The number of nitrogens with zero attached hydrogens (tertiary/aromatic N) is 1. The Hall–Kier alpha value is -4.49. The Morgan fingerprint density at radius 3 is 1.68 bits per heavy atom. The van der Waals surface area contributed by atoms with Crippen LogP contribution in [-0.2, 0) is 0 Å². The number of aromatic nitrogens is 1. The summed E-state index contributed by atoms with van der Waals surface area (Å²) in [4.78, 5) is 4.61. The summed E-state index contributed by atoms with van der Waals surface area (Å²) in [5, 5.41) is 7.55. The van der Waals surface area contributed by atoms with Crippen LogP contribution in [0.25, 0.3) is 67.1 Å². The molecule has 0 amide bonds. The van der Waals surface area contributed by atoms with Gasteiger partial charge in [0.1, 0.15) is 0 Å². The summed E-state index contributed by atoms with van der Waals surface area (Å²) in [7, 11) is 0. The molecule has 0 aliphatic heterocycles. The quantitative estimate of drug-likeness (QED) is 0.251. The summed E-state index contributed by atoms with van der Waals surface area (Å²) in [5.41, 5.74) is 8.39. The van der Waals surface area contributed by atoms with Gasteiger partial charge in [-0.25, -0.2) is 0 Å². The molecule has 0 atom stereocenters. The van der Waals surface area contributed by atoms with Crippen molar-refractivity contribution in [1.29, 1.82) is 0 Å². The maximum Gasteiger partial charge on any atom is 0.0373 e. The smallest absolute Gasteiger partial charge is 0.0373 e. The molecule has 0 fully saturated rings. The largest absolute Gasteiger partial charge is 0.261 e. The third-order valence-corrected chi connectivity index (χ3v) is 7.33. The molecule has 0 saturated heterocycles. The van der Waals surface area contributed by atoms with Crippen LogP contribution in [0.15, 0.2) is 109 Å². The highest BCUT2D eigenvalue weighted by Crippen LogP contribution is 2.32. The fourth-order valence-corrected chi connectivity index (χ4v) is 5.51. The molecule has 37 heavy (non-hydrogen) atoms. The van der Waals surface area contributed by atoms with Crippen molar-refractivity contribution in [2.45, 2.75) is 20.8 Å². The molecule has 1 heterocycles. The second-order valence-electron chi connectivity index (χ2n) is 9.53. The average molecular weight is 476 g/mol. The first-order valence-electron chi connectivity index (χ1n) is 12.9. The highest BCUT2D eigenvalue weighted by atomic mass is 14.7. The van der Waals surface area contributed by atoms with Crippen molar-refractivity contribution < 1.29 is 0 Å². The highest BCUT2D eigenvalue weighted by Gasteiger charge is 2.14. The van der Waals surface area contributed by atoms with Crippen LogP contribution >= 0.6 is 0 Å². The topological polar surface area (TPSA) is 12.9 Å². The molecule has 0 saturated carbocycles. The lowest BCUT2D eigenvalue weighted by molar-refractivity contribution is 1.20. The lowest BCUT2D eigenvalue weighted by Gasteiger charge is -2.16. The maximum absolute atomic E-state index is 4.61. The first kappa shape index (κ1) is 22.9. The summed E-state index contributed by atoms with van der Waals surface area (Å²) in [6.45, 7) is 6.31. The van der Waals surface area contributed by atoms with Gasteiger partial charge in [0.25, 0.3) is 0 Å². The Bertz CT molecular complexity index is 1880.